The van der Waals surface area contributed by atoms with E-state index < -0.39 is 26.6 Å². The molecule has 53 heavy (non-hydrogen) atoms. The van der Waals surface area contributed by atoms with E-state index in [1.54, 1.807) is 18.2 Å². The van der Waals surface area contributed by atoms with Gasteiger partial charge in [0.15, 0.2) is 8.32 Å². The molecule has 2 aliphatic rings. The van der Waals surface area contributed by atoms with Crippen molar-refractivity contribution < 1.29 is 27.8 Å². The van der Waals surface area contributed by atoms with E-state index in [2.05, 4.69) is 68.0 Å². The summed E-state index contributed by atoms with van der Waals surface area (Å²) in [6, 6.07) is 19.0. The van der Waals surface area contributed by atoms with Crippen molar-refractivity contribution >= 4 is 36.5 Å². The van der Waals surface area contributed by atoms with Crippen molar-refractivity contribution in [2.75, 3.05) is 26.2 Å². The van der Waals surface area contributed by atoms with Gasteiger partial charge in [-0.05, 0) is 98.1 Å². The zero-order valence-electron chi connectivity index (χ0n) is 31.8. The molecule has 0 bridgehead atoms. The van der Waals surface area contributed by atoms with Gasteiger partial charge in [-0.3, -0.25) is 14.5 Å². The van der Waals surface area contributed by atoms with Gasteiger partial charge >= 0.3 is 6.11 Å². The van der Waals surface area contributed by atoms with Crippen LogP contribution in [0.25, 0.3) is 10.9 Å². The molecule has 2 N–H and O–H groups in total. The number of carbonyl (C=O) groups excluding carboxylic acids is 1. The summed E-state index contributed by atoms with van der Waals surface area (Å²) in [5.41, 5.74) is 2.53. The van der Waals surface area contributed by atoms with E-state index in [9.17, 15) is 23.5 Å². The SMILES string of the molecule is Cc1ccc(C(=O)N2CC(F)(F)OC3(CCN(Cc4cccc(CCCC[C@H](O[Si](C)(C)C(C)(C)C)c5ccc(O)c6[nH]c(=O)ccc56)c4)CC3)C2)s1. The summed E-state index contributed by atoms with van der Waals surface area (Å²) in [6.45, 7) is 14.5. The Morgan fingerprint density at radius 1 is 1.04 bits per heavy atom. The van der Waals surface area contributed by atoms with Crippen molar-refractivity contribution in [3.63, 3.8) is 0 Å². The number of aromatic hydroxyl groups is 1. The predicted octanol–water partition coefficient (Wildman–Crippen LogP) is 9.18. The van der Waals surface area contributed by atoms with Gasteiger partial charge in [0.2, 0.25) is 5.56 Å². The van der Waals surface area contributed by atoms with Gasteiger partial charge in [0.05, 0.1) is 28.6 Å². The number of pyridine rings is 1. The molecule has 4 aromatic rings. The van der Waals surface area contributed by atoms with Crippen molar-refractivity contribution in [3.8, 4) is 5.75 Å². The smallest absolute Gasteiger partial charge is 0.373 e. The van der Waals surface area contributed by atoms with E-state index >= 15 is 0 Å². The number of benzene rings is 2. The van der Waals surface area contributed by atoms with Crippen molar-refractivity contribution in [1.29, 1.82) is 0 Å². The fourth-order valence-electron chi connectivity index (χ4n) is 7.39. The minimum absolute atomic E-state index is 0.0129. The van der Waals surface area contributed by atoms with Crippen LogP contribution in [0.1, 0.15) is 90.2 Å². The van der Waals surface area contributed by atoms with E-state index in [0.29, 0.717) is 36.3 Å². The van der Waals surface area contributed by atoms with Crippen LogP contribution in [0.5, 0.6) is 5.75 Å². The number of unbranched alkanes of at least 4 members (excludes halogenated alkanes) is 1. The molecule has 1 spiro atoms. The molecule has 1 amide bonds. The zero-order valence-corrected chi connectivity index (χ0v) is 33.6. The minimum Gasteiger partial charge on any atom is -0.506 e. The fourth-order valence-corrected chi connectivity index (χ4v) is 9.53. The highest BCUT2D eigenvalue weighted by molar-refractivity contribution is 7.13. The lowest BCUT2D eigenvalue weighted by atomic mass is 9.88. The number of likely N-dealkylation sites (tertiary alicyclic amines) is 1. The van der Waals surface area contributed by atoms with Crippen LogP contribution in [-0.2, 0) is 22.1 Å². The van der Waals surface area contributed by atoms with Gasteiger partial charge in [-0.25, -0.2) is 0 Å². The Balaban J connectivity index is 1.06. The first-order valence-corrected chi connectivity index (χ1v) is 22.4. The zero-order chi connectivity index (χ0) is 38.2. The number of aryl methyl sites for hydroxylation is 2. The van der Waals surface area contributed by atoms with Gasteiger partial charge in [0, 0.05) is 36.0 Å². The molecule has 0 radical (unpaired) electrons. The second-order valence-corrected chi connectivity index (χ2v) is 22.5. The molecule has 2 aromatic carbocycles. The highest BCUT2D eigenvalue weighted by Crippen LogP contribution is 2.43. The van der Waals surface area contributed by atoms with Crippen LogP contribution in [0, 0.1) is 6.92 Å². The number of phenols is 1. The van der Waals surface area contributed by atoms with Gasteiger partial charge in [-0.2, -0.15) is 8.78 Å². The number of carbonyl (C=O) groups is 1. The number of thiophene rings is 1. The number of nitrogens with one attached hydrogen (secondary N) is 1. The van der Waals surface area contributed by atoms with Gasteiger partial charge in [-0.15, -0.1) is 11.3 Å². The number of amides is 1. The van der Waals surface area contributed by atoms with Crippen molar-refractivity contribution in [1.82, 2.24) is 14.8 Å². The topological polar surface area (TPSA) is 95.1 Å². The second kappa shape index (κ2) is 15.4. The van der Waals surface area contributed by atoms with Gasteiger partial charge in [0.25, 0.3) is 5.91 Å². The number of halogens is 2. The summed E-state index contributed by atoms with van der Waals surface area (Å²) >= 11 is 1.33. The van der Waals surface area contributed by atoms with E-state index in [1.807, 2.05) is 19.1 Å². The molecular weight excluding hydrogens is 713 g/mol. The predicted molar refractivity (Wildman–Crippen MR) is 209 cm³/mol. The minimum atomic E-state index is -3.38. The Morgan fingerprint density at radius 2 is 1.77 bits per heavy atom. The lowest BCUT2D eigenvalue weighted by Gasteiger charge is -2.49. The first-order chi connectivity index (χ1) is 24.9. The maximum absolute atomic E-state index is 14.9. The lowest BCUT2D eigenvalue weighted by Crippen LogP contribution is -2.62. The summed E-state index contributed by atoms with van der Waals surface area (Å²) in [4.78, 5) is 33.0. The number of hydrogen-bond donors (Lipinski definition) is 2. The number of morpholine rings is 1. The Kier molecular flexibility index (Phi) is 11.4. The molecule has 6 rings (SSSR count). The number of aromatic amines is 1. The van der Waals surface area contributed by atoms with Gasteiger partial charge < -0.3 is 24.2 Å². The Hall–Kier alpha value is -3.42. The standard InChI is InChI=1S/C41H53F2N3O5SSi/c1-28-14-18-35(52-28)38(49)46-26-40(51-41(42,43)27-46)20-22-45(23-21-40)25-30-12-9-11-29(24-30)10-7-8-13-34(50-53(5,6)39(2,3)4)31-15-17-33(47)37-32(31)16-19-36(48)44-37/h9,11-12,14-19,24,34,47H,7-8,10,13,20-23,25-27H2,1-6H3,(H,44,48)/t34-/m0/s1. The molecule has 2 aromatic heterocycles. The maximum atomic E-state index is 14.9. The molecule has 4 heterocycles. The average Bonchev–Trinajstić information content (AvgIpc) is 3.52. The number of phenolic OH excluding ortho intramolecular Hbond substituents is 1. The summed E-state index contributed by atoms with van der Waals surface area (Å²) in [7, 11) is -2.16. The number of rotatable bonds is 11. The molecule has 1 atom stereocenters. The number of alkyl halides is 2. The van der Waals surface area contributed by atoms with E-state index in [1.165, 1.54) is 33.4 Å². The summed E-state index contributed by atoms with van der Waals surface area (Å²) < 4.78 is 42.2. The van der Waals surface area contributed by atoms with Crippen molar-refractivity contribution in [2.45, 2.75) is 109 Å². The Labute approximate surface area is 316 Å². The van der Waals surface area contributed by atoms with E-state index in [4.69, 9.17) is 9.16 Å². The van der Waals surface area contributed by atoms with Crippen LogP contribution in [0.3, 0.4) is 0 Å². The molecule has 0 unspecified atom stereocenters. The van der Waals surface area contributed by atoms with Crippen LogP contribution < -0.4 is 5.56 Å². The normalized spacial score (nSPS) is 18.5. The monoisotopic (exact) mass is 765 g/mol. The quantitative estimate of drug-likeness (QED) is 0.117. The van der Waals surface area contributed by atoms with Crippen LogP contribution in [0.4, 0.5) is 8.78 Å². The summed E-state index contributed by atoms with van der Waals surface area (Å²) in [5.74, 6) is -0.307. The van der Waals surface area contributed by atoms with Gasteiger partial charge in [0.1, 0.15) is 12.3 Å². The second-order valence-electron chi connectivity index (χ2n) is 16.5. The molecule has 12 heteroatoms. The summed E-state index contributed by atoms with van der Waals surface area (Å²) in [6.07, 6.45) is 0.899. The Morgan fingerprint density at radius 3 is 2.47 bits per heavy atom. The molecule has 2 saturated heterocycles. The number of H-pyrrole nitrogens is 1. The highest BCUT2D eigenvalue weighted by atomic mass is 32.1. The molecule has 2 aliphatic heterocycles. The van der Waals surface area contributed by atoms with Crippen LogP contribution >= 0.6 is 11.3 Å². The number of nitrogens with zero attached hydrogens (tertiary/aromatic N) is 2. The third-order valence-electron chi connectivity index (χ3n) is 11.3. The number of ether oxygens (including phenoxy) is 1. The lowest BCUT2D eigenvalue weighted by molar-refractivity contribution is -0.332. The molecule has 0 saturated carbocycles. The molecule has 8 nitrogen and oxygen atoms in total. The van der Waals surface area contributed by atoms with Crippen molar-refractivity contribution in [2.24, 2.45) is 0 Å². The van der Waals surface area contributed by atoms with Crippen molar-refractivity contribution in [3.05, 3.63) is 97.5 Å². The molecule has 286 valence electrons. The third kappa shape index (κ3) is 9.28. The first-order valence-electron chi connectivity index (χ1n) is 18.7. The molecule has 0 aliphatic carbocycles. The van der Waals surface area contributed by atoms with Crippen LogP contribution in [-0.4, -0.2) is 72.0 Å². The fraction of sp³-hybridized carbons (Fsp3) is 0.512. The number of hydrogen-bond acceptors (Lipinski definition) is 7. The van der Waals surface area contributed by atoms with Gasteiger partial charge in [-0.1, -0.05) is 57.5 Å². The maximum Gasteiger partial charge on any atom is 0.373 e. The largest absolute Gasteiger partial charge is 0.506 e. The number of piperidine rings is 1. The number of aromatic nitrogens is 1. The van der Waals surface area contributed by atoms with E-state index in [-0.39, 0.29) is 34.9 Å². The molecule has 2 fully saturated rings. The highest BCUT2D eigenvalue weighted by Gasteiger charge is 2.52. The Bertz CT molecular complexity index is 1980. The molecular formula is C41H53F2N3O5SSi. The summed E-state index contributed by atoms with van der Waals surface area (Å²) in [5, 5.41) is 11.3. The number of fused-ring (bicyclic) bond motifs is 1. The first kappa shape index (κ1) is 39.3. The average molecular weight is 766 g/mol. The third-order valence-corrected chi connectivity index (χ3v) is 16.8. The van der Waals surface area contributed by atoms with Crippen LogP contribution in [0.15, 0.2) is 65.5 Å². The van der Waals surface area contributed by atoms with Crippen LogP contribution in [0.2, 0.25) is 18.1 Å². The van der Waals surface area contributed by atoms with E-state index in [0.717, 1.165) is 48.1 Å².